The summed E-state index contributed by atoms with van der Waals surface area (Å²) < 4.78 is 0. The fraction of sp³-hybridized carbons (Fsp3) is 0.615. The van der Waals surface area contributed by atoms with Crippen LogP contribution < -0.4 is 21.7 Å². The fourth-order valence-electron chi connectivity index (χ4n) is 1.60. The minimum Gasteiger partial charge on any atom is -0.481 e. The summed E-state index contributed by atoms with van der Waals surface area (Å²) in [6, 6.07) is -5.86. The van der Waals surface area contributed by atoms with Gasteiger partial charge in [0, 0.05) is 0 Å². The van der Waals surface area contributed by atoms with Gasteiger partial charge in [0.05, 0.1) is 25.7 Å². The molecule has 0 aliphatic rings. The minimum atomic E-state index is -1.57. The van der Waals surface area contributed by atoms with Crippen molar-refractivity contribution in [1.82, 2.24) is 16.0 Å². The lowest BCUT2D eigenvalue weighted by Gasteiger charge is -2.22. The van der Waals surface area contributed by atoms with Gasteiger partial charge >= 0.3 is 11.9 Å². The molecule has 0 aliphatic heterocycles. The van der Waals surface area contributed by atoms with Crippen LogP contribution in [0.5, 0.6) is 0 Å². The van der Waals surface area contributed by atoms with Gasteiger partial charge in [-0.3, -0.25) is 24.0 Å². The van der Waals surface area contributed by atoms with Crippen molar-refractivity contribution in [3.05, 3.63) is 0 Å². The summed E-state index contributed by atoms with van der Waals surface area (Å²) in [6.07, 6.45) is -0.708. The van der Waals surface area contributed by atoms with Gasteiger partial charge in [-0.15, -0.1) is 0 Å². The first kappa shape index (κ1) is 23.2. The van der Waals surface area contributed by atoms with Crippen molar-refractivity contribution < 1.29 is 44.4 Å². The van der Waals surface area contributed by atoms with E-state index in [9.17, 15) is 29.1 Å². The Hall–Kier alpha value is -2.77. The van der Waals surface area contributed by atoms with E-state index < -0.39 is 73.5 Å². The Morgan fingerprint density at radius 3 is 1.65 bits per heavy atom. The van der Waals surface area contributed by atoms with Crippen LogP contribution in [0, 0.1) is 0 Å². The number of aliphatic hydroxyl groups is 2. The van der Waals surface area contributed by atoms with Crippen LogP contribution in [0.2, 0.25) is 0 Å². The Morgan fingerprint density at radius 2 is 1.27 bits per heavy atom. The van der Waals surface area contributed by atoms with Crippen LogP contribution in [0.3, 0.4) is 0 Å². The largest absolute Gasteiger partial charge is 0.481 e. The topological polar surface area (TPSA) is 228 Å². The van der Waals surface area contributed by atoms with E-state index in [2.05, 4.69) is 0 Å². The van der Waals surface area contributed by atoms with Gasteiger partial charge in [-0.2, -0.15) is 0 Å². The van der Waals surface area contributed by atoms with Gasteiger partial charge in [0.25, 0.3) is 0 Å². The number of nitrogens with one attached hydrogen (secondary N) is 3. The Kier molecular flexibility index (Phi) is 9.80. The van der Waals surface area contributed by atoms with Gasteiger partial charge in [-0.1, -0.05) is 0 Å². The summed E-state index contributed by atoms with van der Waals surface area (Å²) in [5.41, 5.74) is 5.31. The van der Waals surface area contributed by atoms with Crippen LogP contribution in [-0.2, 0) is 24.0 Å². The lowest BCUT2D eigenvalue weighted by Crippen LogP contribution is -2.58. The summed E-state index contributed by atoms with van der Waals surface area (Å²) in [5.74, 6) is -5.77. The lowest BCUT2D eigenvalue weighted by molar-refractivity contribution is -0.142. The molecule has 0 rings (SSSR count). The molecule has 0 aromatic rings. The number of carboxylic acid groups (broad SMARTS) is 2. The van der Waals surface area contributed by atoms with Gasteiger partial charge in [-0.25, -0.2) is 0 Å². The highest BCUT2D eigenvalue weighted by Gasteiger charge is 2.29. The number of aliphatic carboxylic acids is 2. The normalized spacial score (nSPS) is 15.1. The second-order valence-electron chi connectivity index (χ2n) is 5.26. The van der Waals surface area contributed by atoms with E-state index in [1.807, 2.05) is 16.0 Å². The monoisotopic (exact) mass is 378 g/mol. The minimum absolute atomic E-state index is 0.708. The molecule has 0 saturated carbocycles. The van der Waals surface area contributed by atoms with Gasteiger partial charge < -0.3 is 42.1 Å². The van der Waals surface area contributed by atoms with Crippen LogP contribution in [0.4, 0.5) is 0 Å². The molecule has 0 saturated heterocycles. The summed E-state index contributed by atoms with van der Waals surface area (Å²) in [6.45, 7) is -0.617. The Balaban J connectivity index is 4.84. The molecule has 0 aliphatic carbocycles. The van der Waals surface area contributed by atoms with Gasteiger partial charge in [0.2, 0.25) is 17.7 Å². The number of rotatable bonds is 11. The highest BCUT2D eigenvalue weighted by atomic mass is 16.4. The number of amides is 3. The molecule has 13 heteroatoms. The van der Waals surface area contributed by atoms with E-state index in [-0.39, 0.29) is 0 Å². The van der Waals surface area contributed by atoms with Gasteiger partial charge in [-0.05, 0) is 6.92 Å². The van der Waals surface area contributed by atoms with Crippen molar-refractivity contribution in [2.24, 2.45) is 5.73 Å². The highest BCUT2D eigenvalue weighted by molar-refractivity contribution is 5.94. The zero-order valence-electron chi connectivity index (χ0n) is 13.8. The van der Waals surface area contributed by atoms with Crippen LogP contribution in [0.15, 0.2) is 0 Å². The van der Waals surface area contributed by atoms with Gasteiger partial charge in [0.15, 0.2) is 0 Å². The molecule has 0 fully saturated rings. The van der Waals surface area contributed by atoms with E-state index in [4.69, 9.17) is 21.1 Å². The molecule has 148 valence electrons. The van der Waals surface area contributed by atoms with Crippen molar-refractivity contribution >= 4 is 29.7 Å². The van der Waals surface area contributed by atoms with E-state index in [1.165, 1.54) is 0 Å². The predicted molar refractivity (Wildman–Crippen MR) is 83.5 cm³/mol. The molecule has 4 atom stereocenters. The second-order valence-corrected chi connectivity index (χ2v) is 5.26. The van der Waals surface area contributed by atoms with Crippen LogP contribution in [-0.4, -0.2) is 87.5 Å². The van der Waals surface area contributed by atoms with Crippen LogP contribution in [0.1, 0.15) is 13.3 Å². The number of carbonyl (C=O) groups is 5. The van der Waals surface area contributed by atoms with Crippen LogP contribution >= 0.6 is 0 Å². The van der Waals surface area contributed by atoms with Crippen molar-refractivity contribution in [2.45, 2.75) is 37.5 Å². The molecular weight excluding hydrogens is 356 g/mol. The molecule has 9 N–H and O–H groups in total. The molecule has 4 unspecified atom stereocenters. The first-order valence-electron chi connectivity index (χ1n) is 7.36. The number of hydrogen-bond acceptors (Lipinski definition) is 8. The molecule has 0 spiro atoms. The first-order chi connectivity index (χ1) is 12.0. The number of nitrogens with two attached hydrogens (primary N) is 1. The highest BCUT2D eigenvalue weighted by Crippen LogP contribution is 1.94. The standard InChI is InChI=1S/C13H22N4O9/c1-5(13(25)26)15-11(23)7(3-18)17-12(24)8(4-19)16-10(22)6(14)2-9(20)21/h5-8,18-19H,2-4,14H2,1H3,(H,15,23)(H,16,22)(H,17,24)(H,20,21)(H,25,26). The number of aliphatic hydroxyl groups excluding tert-OH is 2. The molecule has 13 nitrogen and oxygen atoms in total. The molecule has 0 aromatic heterocycles. The third-order valence-corrected chi connectivity index (χ3v) is 3.09. The molecular formula is C13H22N4O9. The maximum atomic E-state index is 12.0. The maximum absolute atomic E-state index is 12.0. The molecule has 26 heavy (non-hydrogen) atoms. The third kappa shape index (κ3) is 7.87. The van der Waals surface area contributed by atoms with E-state index in [0.29, 0.717) is 0 Å². The van der Waals surface area contributed by atoms with Crippen LogP contribution in [0.25, 0.3) is 0 Å². The zero-order valence-corrected chi connectivity index (χ0v) is 13.8. The molecule has 0 bridgehead atoms. The fourth-order valence-corrected chi connectivity index (χ4v) is 1.60. The average Bonchev–Trinajstić information content (AvgIpc) is 2.55. The zero-order chi connectivity index (χ0) is 20.4. The number of carboxylic acids is 2. The van der Waals surface area contributed by atoms with Crippen molar-refractivity contribution in [2.75, 3.05) is 13.2 Å². The molecule has 0 heterocycles. The predicted octanol–water partition coefficient (Wildman–Crippen LogP) is -4.67. The van der Waals surface area contributed by atoms with Crippen molar-refractivity contribution in [3.63, 3.8) is 0 Å². The smallest absolute Gasteiger partial charge is 0.325 e. The quantitative estimate of drug-likeness (QED) is 0.171. The summed E-state index contributed by atoms with van der Waals surface area (Å²) in [7, 11) is 0. The molecule has 0 aromatic carbocycles. The molecule has 3 amide bonds. The SMILES string of the molecule is CC(NC(=O)C(CO)NC(=O)C(CO)NC(=O)C(N)CC(=O)O)C(=O)O. The number of hydrogen-bond donors (Lipinski definition) is 8. The Labute approximate surface area is 147 Å². The van der Waals surface area contributed by atoms with Crippen molar-refractivity contribution in [3.8, 4) is 0 Å². The lowest BCUT2D eigenvalue weighted by atomic mass is 10.1. The molecule has 0 radical (unpaired) electrons. The average molecular weight is 378 g/mol. The maximum Gasteiger partial charge on any atom is 0.325 e. The second kappa shape index (κ2) is 11.0. The van der Waals surface area contributed by atoms with E-state index in [0.717, 1.165) is 6.92 Å². The summed E-state index contributed by atoms with van der Waals surface area (Å²) in [4.78, 5) is 56.7. The van der Waals surface area contributed by atoms with E-state index >= 15 is 0 Å². The van der Waals surface area contributed by atoms with Crippen molar-refractivity contribution in [1.29, 1.82) is 0 Å². The van der Waals surface area contributed by atoms with E-state index in [1.54, 1.807) is 0 Å². The summed E-state index contributed by atoms with van der Waals surface area (Å²) in [5, 5.41) is 41.7. The first-order valence-corrected chi connectivity index (χ1v) is 7.36. The number of carbonyl (C=O) groups excluding carboxylic acids is 3. The Bertz CT molecular complexity index is 554. The third-order valence-electron chi connectivity index (χ3n) is 3.09. The summed E-state index contributed by atoms with van der Waals surface area (Å²) >= 11 is 0. The van der Waals surface area contributed by atoms with Gasteiger partial charge in [0.1, 0.15) is 18.1 Å². The Morgan fingerprint density at radius 1 is 0.846 bits per heavy atom.